The predicted molar refractivity (Wildman–Crippen MR) is 64.8 cm³/mol. The van der Waals surface area contributed by atoms with Gasteiger partial charge in [0.05, 0.1) is 12.4 Å². The summed E-state index contributed by atoms with van der Waals surface area (Å²) in [4.78, 5) is 8.43. The molecule has 0 bridgehead atoms. The average Bonchev–Trinajstić information content (AvgIpc) is 2.22. The van der Waals surface area contributed by atoms with E-state index in [0.29, 0.717) is 6.04 Å². The van der Waals surface area contributed by atoms with Gasteiger partial charge in [-0.25, -0.2) is 9.97 Å². The third-order valence-electron chi connectivity index (χ3n) is 2.91. The molecular formula is C11H16BrN3. The summed E-state index contributed by atoms with van der Waals surface area (Å²) in [5, 5.41) is 3.44. The average molecular weight is 270 g/mol. The van der Waals surface area contributed by atoms with E-state index >= 15 is 0 Å². The third kappa shape index (κ3) is 3.16. The normalized spacial score (nSPS) is 26.3. The van der Waals surface area contributed by atoms with Crippen LogP contribution in [0.25, 0.3) is 0 Å². The first kappa shape index (κ1) is 10.9. The van der Waals surface area contributed by atoms with Crippen molar-refractivity contribution in [1.29, 1.82) is 0 Å². The van der Waals surface area contributed by atoms with Crippen LogP contribution in [-0.2, 0) is 0 Å². The fraction of sp³-hybridized carbons (Fsp3) is 0.636. The third-order valence-corrected chi connectivity index (χ3v) is 3.32. The minimum Gasteiger partial charge on any atom is -0.366 e. The largest absolute Gasteiger partial charge is 0.366 e. The molecule has 2 unspecified atom stereocenters. The van der Waals surface area contributed by atoms with Crippen molar-refractivity contribution >= 4 is 21.7 Å². The van der Waals surface area contributed by atoms with Crippen molar-refractivity contribution in [3.63, 3.8) is 0 Å². The van der Waals surface area contributed by atoms with Crippen molar-refractivity contribution in [2.45, 2.75) is 38.6 Å². The predicted octanol–water partition coefficient (Wildman–Crippen LogP) is 3.23. The molecule has 0 amide bonds. The van der Waals surface area contributed by atoms with Crippen LogP contribution >= 0.6 is 15.9 Å². The van der Waals surface area contributed by atoms with E-state index in [2.05, 4.69) is 38.1 Å². The molecule has 2 rings (SSSR count). The lowest BCUT2D eigenvalue weighted by molar-refractivity contribution is 0.358. The highest BCUT2D eigenvalue weighted by Gasteiger charge is 2.18. The summed E-state index contributed by atoms with van der Waals surface area (Å²) in [6.45, 7) is 2.32. The van der Waals surface area contributed by atoms with E-state index in [1.807, 2.05) is 0 Å². The van der Waals surface area contributed by atoms with E-state index in [4.69, 9.17) is 0 Å². The molecule has 0 aromatic carbocycles. The van der Waals surface area contributed by atoms with Crippen molar-refractivity contribution in [3.05, 3.63) is 17.0 Å². The monoisotopic (exact) mass is 269 g/mol. The number of aromatic nitrogens is 2. The zero-order valence-corrected chi connectivity index (χ0v) is 10.5. The fourth-order valence-corrected chi connectivity index (χ4v) is 2.37. The quantitative estimate of drug-likeness (QED) is 0.896. The summed E-state index contributed by atoms with van der Waals surface area (Å²) in [5.74, 6) is 1.72. The van der Waals surface area contributed by atoms with Crippen molar-refractivity contribution in [2.24, 2.45) is 5.92 Å². The number of nitrogens with one attached hydrogen (secondary N) is 1. The Hall–Kier alpha value is -0.640. The zero-order chi connectivity index (χ0) is 10.7. The second-order valence-corrected chi connectivity index (χ2v) is 5.15. The number of nitrogens with zero attached hydrogens (tertiary/aromatic N) is 2. The van der Waals surface area contributed by atoms with E-state index in [9.17, 15) is 0 Å². The van der Waals surface area contributed by atoms with Gasteiger partial charge in [-0.2, -0.15) is 0 Å². The summed E-state index contributed by atoms with van der Waals surface area (Å²) in [6.07, 6.45) is 8.70. The summed E-state index contributed by atoms with van der Waals surface area (Å²) in [6, 6.07) is 0.573. The number of halogens is 1. The van der Waals surface area contributed by atoms with E-state index < -0.39 is 0 Å². The maximum Gasteiger partial charge on any atom is 0.144 e. The highest BCUT2D eigenvalue weighted by molar-refractivity contribution is 9.10. The molecule has 0 radical (unpaired) electrons. The molecule has 82 valence electrons. The lowest BCUT2D eigenvalue weighted by atomic mass is 9.87. The van der Waals surface area contributed by atoms with Gasteiger partial charge in [-0.1, -0.05) is 19.8 Å². The summed E-state index contributed by atoms with van der Waals surface area (Å²) < 4.78 is 0.782. The molecule has 1 aliphatic carbocycles. The van der Waals surface area contributed by atoms with Gasteiger partial charge in [0.2, 0.25) is 0 Å². The number of rotatable bonds is 2. The molecule has 0 spiro atoms. The Morgan fingerprint density at radius 1 is 1.33 bits per heavy atom. The summed E-state index contributed by atoms with van der Waals surface area (Å²) in [5.41, 5.74) is 0. The van der Waals surface area contributed by atoms with Crippen molar-refractivity contribution in [2.75, 3.05) is 5.32 Å². The Balaban J connectivity index is 1.93. The van der Waals surface area contributed by atoms with E-state index in [1.54, 1.807) is 12.4 Å². The molecule has 1 aliphatic rings. The molecule has 2 atom stereocenters. The second-order valence-electron chi connectivity index (χ2n) is 4.34. The molecule has 0 saturated heterocycles. The highest BCUT2D eigenvalue weighted by atomic mass is 79.9. The number of hydrogen-bond donors (Lipinski definition) is 1. The number of anilines is 1. The second kappa shape index (κ2) is 4.92. The minimum absolute atomic E-state index is 0.573. The molecule has 0 aliphatic heterocycles. The highest BCUT2D eigenvalue weighted by Crippen LogP contribution is 2.25. The van der Waals surface area contributed by atoms with Gasteiger partial charge in [0.1, 0.15) is 10.4 Å². The summed E-state index contributed by atoms with van der Waals surface area (Å²) >= 11 is 3.28. The van der Waals surface area contributed by atoms with Crippen LogP contribution in [0, 0.1) is 5.92 Å². The Bertz CT molecular complexity index is 312. The standard InChI is InChI=1S/C11H16BrN3/c1-8-3-2-4-9(5-8)15-11-7-13-10(12)6-14-11/h6-9H,2-5H2,1H3,(H,14,15). The molecule has 3 nitrogen and oxygen atoms in total. The molecule has 1 fully saturated rings. The fourth-order valence-electron chi connectivity index (χ4n) is 2.16. The van der Waals surface area contributed by atoms with Crippen LogP contribution in [-0.4, -0.2) is 16.0 Å². The SMILES string of the molecule is CC1CCCC(Nc2cnc(Br)cn2)C1. The van der Waals surface area contributed by atoms with Gasteiger partial charge in [-0.3, -0.25) is 0 Å². The lowest BCUT2D eigenvalue weighted by Crippen LogP contribution is -2.26. The smallest absolute Gasteiger partial charge is 0.144 e. The van der Waals surface area contributed by atoms with Crippen LogP contribution in [0.3, 0.4) is 0 Å². The van der Waals surface area contributed by atoms with Gasteiger partial charge in [-0.15, -0.1) is 0 Å². The van der Waals surface area contributed by atoms with Crippen LogP contribution in [0.15, 0.2) is 17.0 Å². The summed E-state index contributed by atoms with van der Waals surface area (Å²) in [7, 11) is 0. The number of hydrogen-bond acceptors (Lipinski definition) is 3. The van der Waals surface area contributed by atoms with Crippen molar-refractivity contribution in [1.82, 2.24) is 9.97 Å². The lowest BCUT2D eigenvalue weighted by Gasteiger charge is -2.27. The Morgan fingerprint density at radius 3 is 2.87 bits per heavy atom. The first-order valence-electron chi connectivity index (χ1n) is 5.48. The van der Waals surface area contributed by atoms with E-state index in [0.717, 1.165) is 16.3 Å². The molecule has 15 heavy (non-hydrogen) atoms. The van der Waals surface area contributed by atoms with Gasteiger partial charge < -0.3 is 5.32 Å². The maximum absolute atomic E-state index is 4.28. The first-order valence-corrected chi connectivity index (χ1v) is 6.27. The van der Waals surface area contributed by atoms with Crippen LogP contribution in [0.4, 0.5) is 5.82 Å². The molecule has 1 saturated carbocycles. The topological polar surface area (TPSA) is 37.8 Å². The Labute approximate surface area is 98.8 Å². The van der Waals surface area contributed by atoms with Gasteiger partial charge in [0.25, 0.3) is 0 Å². The minimum atomic E-state index is 0.573. The first-order chi connectivity index (χ1) is 7.24. The molecule has 4 heteroatoms. The molecule has 1 heterocycles. The van der Waals surface area contributed by atoms with Gasteiger partial charge in [-0.05, 0) is 34.7 Å². The Morgan fingerprint density at radius 2 is 2.20 bits per heavy atom. The molecule has 1 aromatic heterocycles. The van der Waals surface area contributed by atoms with Crippen LogP contribution in [0.5, 0.6) is 0 Å². The maximum atomic E-state index is 4.28. The Kier molecular flexibility index (Phi) is 3.57. The van der Waals surface area contributed by atoms with Crippen molar-refractivity contribution < 1.29 is 0 Å². The van der Waals surface area contributed by atoms with Crippen molar-refractivity contribution in [3.8, 4) is 0 Å². The van der Waals surface area contributed by atoms with Crippen LogP contribution in [0.1, 0.15) is 32.6 Å². The van der Waals surface area contributed by atoms with E-state index in [-0.39, 0.29) is 0 Å². The molecular weight excluding hydrogens is 254 g/mol. The van der Waals surface area contributed by atoms with Gasteiger partial charge in [0, 0.05) is 6.04 Å². The van der Waals surface area contributed by atoms with Crippen LogP contribution < -0.4 is 5.32 Å². The molecule has 1 aromatic rings. The van der Waals surface area contributed by atoms with Crippen LogP contribution in [0.2, 0.25) is 0 Å². The van der Waals surface area contributed by atoms with Gasteiger partial charge >= 0.3 is 0 Å². The van der Waals surface area contributed by atoms with Gasteiger partial charge in [0.15, 0.2) is 0 Å². The molecule has 1 N–H and O–H groups in total. The zero-order valence-electron chi connectivity index (χ0n) is 8.91. The van der Waals surface area contributed by atoms with E-state index in [1.165, 1.54) is 25.7 Å².